The Hall–Kier alpha value is -1.45. The Balaban J connectivity index is 2.38. The molecule has 0 radical (unpaired) electrons. The molecule has 0 amide bonds. The van der Waals surface area contributed by atoms with E-state index in [1.807, 2.05) is 6.92 Å². The van der Waals surface area contributed by atoms with E-state index in [9.17, 15) is 4.79 Å². The average Bonchev–Trinajstić information content (AvgIpc) is 2.68. The summed E-state index contributed by atoms with van der Waals surface area (Å²) in [5, 5.41) is 0. The molecule has 2 N–H and O–H groups in total. The molecule has 2 rings (SSSR count). The normalized spacial score (nSPS) is 16.4. The summed E-state index contributed by atoms with van der Waals surface area (Å²) in [4.78, 5) is 14.6. The van der Waals surface area contributed by atoms with Crippen molar-refractivity contribution in [2.24, 2.45) is 0 Å². The first kappa shape index (κ1) is 14.0. The van der Waals surface area contributed by atoms with Gasteiger partial charge in [0, 0.05) is 25.3 Å². The molecule has 2 heterocycles. The Kier molecular flexibility index (Phi) is 4.51. The first-order valence-electron chi connectivity index (χ1n) is 7.40. The van der Waals surface area contributed by atoms with E-state index >= 15 is 0 Å². The van der Waals surface area contributed by atoms with E-state index in [1.165, 1.54) is 25.7 Å². The van der Waals surface area contributed by atoms with Crippen LogP contribution >= 0.6 is 0 Å². The van der Waals surface area contributed by atoms with E-state index in [1.54, 1.807) is 4.57 Å². The van der Waals surface area contributed by atoms with Gasteiger partial charge in [-0.25, -0.2) is 0 Å². The van der Waals surface area contributed by atoms with Crippen molar-refractivity contribution < 1.29 is 0 Å². The van der Waals surface area contributed by atoms with Crippen LogP contribution < -0.4 is 16.2 Å². The largest absolute Gasteiger partial charge is 0.393 e. The molecule has 0 aromatic carbocycles. The van der Waals surface area contributed by atoms with E-state index < -0.39 is 0 Å². The Bertz CT molecular complexity index is 485. The summed E-state index contributed by atoms with van der Waals surface area (Å²) in [6.07, 6.45) is 5.89. The van der Waals surface area contributed by atoms with Crippen LogP contribution in [-0.4, -0.2) is 17.7 Å². The molecule has 0 spiro atoms. The highest BCUT2D eigenvalue weighted by molar-refractivity contribution is 5.67. The Morgan fingerprint density at radius 3 is 2.42 bits per heavy atom. The molecule has 1 aromatic heterocycles. The van der Waals surface area contributed by atoms with E-state index in [0.29, 0.717) is 5.69 Å². The second kappa shape index (κ2) is 6.13. The minimum Gasteiger partial charge on any atom is -0.393 e. The summed E-state index contributed by atoms with van der Waals surface area (Å²) >= 11 is 0. The highest BCUT2D eigenvalue weighted by atomic mass is 16.1. The molecule has 0 unspecified atom stereocenters. The topological polar surface area (TPSA) is 51.3 Å². The number of pyridine rings is 1. The molecule has 1 fully saturated rings. The second-order valence-electron chi connectivity index (χ2n) is 5.44. The fourth-order valence-electron chi connectivity index (χ4n) is 2.84. The summed E-state index contributed by atoms with van der Waals surface area (Å²) in [7, 11) is 0. The zero-order valence-corrected chi connectivity index (χ0v) is 12.1. The van der Waals surface area contributed by atoms with Crippen LogP contribution in [0.3, 0.4) is 0 Å². The summed E-state index contributed by atoms with van der Waals surface area (Å²) in [6.45, 7) is 6.85. The molecule has 1 aliphatic heterocycles. The predicted molar refractivity (Wildman–Crippen MR) is 80.8 cm³/mol. The van der Waals surface area contributed by atoms with Crippen LogP contribution in [0.4, 0.5) is 11.4 Å². The van der Waals surface area contributed by atoms with Gasteiger partial charge in [-0.05, 0) is 32.3 Å². The predicted octanol–water partition coefficient (Wildman–Crippen LogP) is 2.53. The van der Waals surface area contributed by atoms with Gasteiger partial charge in [-0.1, -0.05) is 19.8 Å². The lowest BCUT2D eigenvalue weighted by Gasteiger charge is -2.25. The molecule has 0 saturated carbocycles. The third kappa shape index (κ3) is 2.94. The number of nitrogen functional groups attached to an aromatic ring is 1. The molecule has 0 bridgehead atoms. The van der Waals surface area contributed by atoms with Gasteiger partial charge < -0.3 is 15.2 Å². The van der Waals surface area contributed by atoms with E-state index in [0.717, 1.165) is 37.4 Å². The number of anilines is 2. The van der Waals surface area contributed by atoms with Crippen LogP contribution in [0.1, 0.15) is 44.7 Å². The first-order chi connectivity index (χ1) is 9.15. The summed E-state index contributed by atoms with van der Waals surface area (Å²) < 4.78 is 1.79. The molecule has 1 aromatic rings. The number of aryl methyl sites for hydroxylation is 1. The van der Waals surface area contributed by atoms with Crippen LogP contribution in [0.25, 0.3) is 0 Å². The molecule has 106 valence electrons. The van der Waals surface area contributed by atoms with Crippen molar-refractivity contribution in [2.45, 2.75) is 52.5 Å². The monoisotopic (exact) mass is 263 g/mol. The summed E-state index contributed by atoms with van der Waals surface area (Å²) in [6, 6.07) is 2.08. The van der Waals surface area contributed by atoms with Crippen molar-refractivity contribution in [3.05, 3.63) is 22.1 Å². The van der Waals surface area contributed by atoms with Crippen LogP contribution in [0.2, 0.25) is 0 Å². The lowest BCUT2D eigenvalue weighted by molar-refractivity contribution is 0.635. The van der Waals surface area contributed by atoms with Crippen molar-refractivity contribution in [2.75, 3.05) is 23.7 Å². The molecule has 0 atom stereocenters. The van der Waals surface area contributed by atoms with Crippen molar-refractivity contribution in [1.82, 2.24) is 4.57 Å². The van der Waals surface area contributed by atoms with Crippen LogP contribution in [0.15, 0.2) is 10.9 Å². The number of nitrogens with zero attached hydrogens (tertiary/aromatic N) is 2. The van der Waals surface area contributed by atoms with E-state index in [4.69, 9.17) is 5.73 Å². The van der Waals surface area contributed by atoms with E-state index in [-0.39, 0.29) is 5.56 Å². The fraction of sp³-hybridized carbons (Fsp3) is 0.667. The van der Waals surface area contributed by atoms with Crippen LogP contribution in [0.5, 0.6) is 0 Å². The molecular weight excluding hydrogens is 238 g/mol. The molecule has 1 aliphatic rings. The van der Waals surface area contributed by atoms with Crippen LogP contribution in [-0.2, 0) is 6.54 Å². The van der Waals surface area contributed by atoms with Gasteiger partial charge >= 0.3 is 0 Å². The fourth-order valence-corrected chi connectivity index (χ4v) is 2.84. The highest BCUT2D eigenvalue weighted by Gasteiger charge is 2.16. The maximum atomic E-state index is 12.3. The first-order valence-corrected chi connectivity index (χ1v) is 7.40. The minimum atomic E-state index is -0.0268. The average molecular weight is 263 g/mol. The van der Waals surface area contributed by atoms with Crippen LogP contribution in [0, 0.1) is 6.92 Å². The standard InChI is InChI=1S/C15H25N3O/c1-3-8-18-12(2)11-13(14(16)15(18)19)17-9-6-4-5-7-10-17/h11H,3-10,16H2,1-2H3. The maximum absolute atomic E-state index is 12.3. The lowest BCUT2D eigenvalue weighted by Crippen LogP contribution is -2.31. The zero-order valence-electron chi connectivity index (χ0n) is 12.1. The minimum absolute atomic E-state index is 0.0268. The molecule has 0 aliphatic carbocycles. The third-order valence-corrected chi connectivity index (χ3v) is 3.92. The van der Waals surface area contributed by atoms with Gasteiger partial charge in [0.2, 0.25) is 0 Å². The number of aromatic nitrogens is 1. The number of nitrogens with two attached hydrogens (primary N) is 1. The Morgan fingerprint density at radius 2 is 1.84 bits per heavy atom. The molecule has 1 saturated heterocycles. The summed E-state index contributed by atoms with van der Waals surface area (Å²) in [5.41, 5.74) is 8.44. The molecule has 19 heavy (non-hydrogen) atoms. The van der Waals surface area contributed by atoms with Gasteiger partial charge in [0.05, 0.1) is 5.69 Å². The number of hydrogen-bond donors (Lipinski definition) is 1. The van der Waals surface area contributed by atoms with Crippen molar-refractivity contribution >= 4 is 11.4 Å². The quantitative estimate of drug-likeness (QED) is 0.911. The van der Waals surface area contributed by atoms with Gasteiger partial charge in [0.25, 0.3) is 5.56 Å². The number of rotatable bonds is 3. The number of hydrogen-bond acceptors (Lipinski definition) is 3. The van der Waals surface area contributed by atoms with Crippen molar-refractivity contribution in [3.8, 4) is 0 Å². The third-order valence-electron chi connectivity index (χ3n) is 3.92. The van der Waals surface area contributed by atoms with Gasteiger partial charge in [0.1, 0.15) is 5.69 Å². The van der Waals surface area contributed by atoms with Crippen molar-refractivity contribution in [3.63, 3.8) is 0 Å². The van der Waals surface area contributed by atoms with Gasteiger partial charge in [0.15, 0.2) is 0 Å². The maximum Gasteiger partial charge on any atom is 0.276 e. The Morgan fingerprint density at radius 1 is 1.21 bits per heavy atom. The summed E-state index contributed by atoms with van der Waals surface area (Å²) in [5.74, 6) is 0. The Labute approximate surface area is 115 Å². The molecule has 4 heteroatoms. The molecular formula is C15H25N3O. The van der Waals surface area contributed by atoms with Crippen molar-refractivity contribution in [1.29, 1.82) is 0 Å². The zero-order chi connectivity index (χ0) is 13.8. The van der Waals surface area contributed by atoms with Gasteiger partial charge in [-0.2, -0.15) is 0 Å². The SMILES string of the molecule is CCCn1c(C)cc(N2CCCCCC2)c(N)c1=O. The van der Waals surface area contributed by atoms with Gasteiger partial charge in [-0.15, -0.1) is 0 Å². The lowest BCUT2D eigenvalue weighted by atomic mass is 10.2. The smallest absolute Gasteiger partial charge is 0.276 e. The highest BCUT2D eigenvalue weighted by Crippen LogP contribution is 2.24. The molecule has 4 nitrogen and oxygen atoms in total. The van der Waals surface area contributed by atoms with Gasteiger partial charge in [-0.3, -0.25) is 4.79 Å². The second-order valence-corrected chi connectivity index (χ2v) is 5.44. The van der Waals surface area contributed by atoms with E-state index in [2.05, 4.69) is 17.9 Å².